The van der Waals surface area contributed by atoms with Crippen molar-refractivity contribution >= 4 is 27.8 Å². The summed E-state index contributed by atoms with van der Waals surface area (Å²) in [6.07, 6.45) is 1.84. The normalized spacial score (nSPS) is 11.1. The van der Waals surface area contributed by atoms with Gasteiger partial charge in [0.05, 0.1) is 29.4 Å². The Labute approximate surface area is 139 Å². The first-order valence-electron chi connectivity index (χ1n) is 7.74. The fraction of sp³-hybridized carbons (Fsp3) is 0.100. The van der Waals surface area contributed by atoms with Crippen molar-refractivity contribution in [3.05, 3.63) is 72.1 Å². The maximum Gasteiger partial charge on any atom is 0.340 e. The predicted octanol–water partition coefficient (Wildman–Crippen LogP) is 4.27. The molecule has 2 heterocycles. The number of esters is 1. The standard InChI is InChI=1S/C20H16N2O2/c1-13-11-19(15-8-3-5-9-17(15)21-13)22-12-16(20(23)24-2)14-7-4-6-10-18(14)22/h3-12H,1-2H3. The summed E-state index contributed by atoms with van der Waals surface area (Å²) >= 11 is 0. The van der Waals surface area contributed by atoms with Gasteiger partial charge in [0.15, 0.2) is 0 Å². The van der Waals surface area contributed by atoms with E-state index in [0.29, 0.717) is 5.56 Å². The summed E-state index contributed by atoms with van der Waals surface area (Å²) in [4.78, 5) is 16.7. The first kappa shape index (κ1) is 14.5. The Morgan fingerprint density at radius 2 is 1.75 bits per heavy atom. The Kier molecular flexibility index (Phi) is 3.31. The molecule has 0 saturated carbocycles. The highest BCUT2D eigenvalue weighted by molar-refractivity contribution is 6.05. The highest BCUT2D eigenvalue weighted by Gasteiger charge is 2.17. The number of carbonyl (C=O) groups is 1. The van der Waals surface area contributed by atoms with Gasteiger partial charge in [0.1, 0.15) is 0 Å². The molecule has 118 valence electrons. The molecule has 0 radical (unpaired) electrons. The number of ether oxygens (including phenoxy) is 1. The molecule has 4 nitrogen and oxygen atoms in total. The third-order valence-corrected chi connectivity index (χ3v) is 4.20. The molecule has 2 aromatic carbocycles. The van der Waals surface area contributed by atoms with Crippen molar-refractivity contribution in [2.75, 3.05) is 7.11 Å². The Bertz CT molecular complexity index is 1080. The van der Waals surface area contributed by atoms with Crippen molar-refractivity contribution in [3.63, 3.8) is 0 Å². The summed E-state index contributed by atoms with van der Waals surface area (Å²) in [7, 11) is 1.40. The highest BCUT2D eigenvalue weighted by Crippen LogP contribution is 2.29. The van der Waals surface area contributed by atoms with E-state index in [2.05, 4.69) is 4.98 Å². The van der Waals surface area contributed by atoms with Crippen LogP contribution in [-0.4, -0.2) is 22.6 Å². The maximum atomic E-state index is 12.2. The number of hydrogen-bond acceptors (Lipinski definition) is 3. The second-order valence-electron chi connectivity index (χ2n) is 5.72. The molecule has 24 heavy (non-hydrogen) atoms. The Balaban J connectivity index is 2.10. The zero-order valence-electron chi connectivity index (χ0n) is 13.5. The summed E-state index contributed by atoms with van der Waals surface area (Å²) < 4.78 is 6.98. The SMILES string of the molecule is COC(=O)c1cn(-c2cc(C)nc3ccccc23)c2ccccc12. The zero-order valence-corrected chi connectivity index (χ0v) is 13.5. The predicted molar refractivity (Wildman–Crippen MR) is 94.7 cm³/mol. The Morgan fingerprint density at radius 3 is 2.54 bits per heavy atom. The number of methoxy groups -OCH3 is 1. The van der Waals surface area contributed by atoms with E-state index in [0.717, 1.165) is 33.2 Å². The summed E-state index contributed by atoms with van der Waals surface area (Å²) in [5.74, 6) is -0.333. The number of carbonyl (C=O) groups excluding carboxylic acids is 1. The number of hydrogen-bond donors (Lipinski definition) is 0. The first-order chi connectivity index (χ1) is 11.7. The molecule has 4 rings (SSSR count). The highest BCUT2D eigenvalue weighted by atomic mass is 16.5. The number of aromatic nitrogens is 2. The molecular weight excluding hydrogens is 300 g/mol. The zero-order chi connectivity index (χ0) is 16.7. The van der Waals surface area contributed by atoms with Gasteiger partial charge in [0.2, 0.25) is 0 Å². The average Bonchev–Trinajstić information content (AvgIpc) is 3.00. The van der Waals surface area contributed by atoms with Crippen LogP contribution < -0.4 is 0 Å². The van der Waals surface area contributed by atoms with Crippen LogP contribution in [0.25, 0.3) is 27.5 Å². The average molecular weight is 316 g/mol. The molecule has 0 aliphatic carbocycles. The van der Waals surface area contributed by atoms with Crippen molar-refractivity contribution in [2.24, 2.45) is 0 Å². The smallest absolute Gasteiger partial charge is 0.340 e. The minimum atomic E-state index is -0.333. The molecule has 0 unspecified atom stereocenters. The van der Waals surface area contributed by atoms with Crippen LogP contribution in [-0.2, 0) is 4.74 Å². The minimum Gasteiger partial charge on any atom is -0.465 e. The van der Waals surface area contributed by atoms with Gasteiger partial charge in [-0.1, -0.05) is 36.4 Å². The van der Waals surface area contributed by atoms with E-state index in [-0.39, 0.29) is 5.97 Å². The van der Waals surface area contributed by atoms with Crippen molar-refractivity contribution in [1.29, 1.82) is 0 Å². The topological polar surface area (TPSA) is 44.1 Å². The lowest BCUT2D eigenvalue weighted by molar-refractivity contribution is 0.0603. The van der Waals surface area contributed by atoms with Crippen LogP contribution in [0.1, 0.15) is 16.1 Å². The van der Waals surface area contributed by atoms with Crippen molar-refractivity contribution < 1.29 is 9.53 Å². The van der Waals surface area contributed by atoms with E-state index < -0.39 is 0 Å². The first-order valence-corrected chi connectivity index (χ1v) is 7.74. The van der Waals surface area contributed by atoms with Crippen LogP contribution >= 0.6 is 0 Å². The molecule has 4 heteroatoms. The molecule has 0 fully saturated rings. The second kappa shape index (κ2) is 5.49. The van der Waals surface area contributed by atoms with E-state index in [1.54, 1.807) is 0 Å². The minimum absolute atomic E-state index is 0.333. The summed E-state index contributed by atoms with van der Waals surface area (Å²) in [6, 6.07) is 17.9. The fourth-order valence-corrected chi connectivity index (χ4v) is 3.14. The maximum absolute atomic E-state index is 12.2. The number of para-hydroxylation sites is 2. The largest absolute Gasteiger partial charge is 0.465 e. The fourth-order valence-electron chi connectivity index (χ4n) is 3.14. The number of pyridine rings is 1. The van der Waals surface area contributed by atoms with Crippen LogP contribution in [0, 0.1) is 6.92 Å². The quantitative estimate of drug-likeness (QED) is 0.519. The number of nitrogens with zero attached hydrogens (tertiary/aromatic N) is 2. The lowest BCUT2D eigenvalue weighted by atomic mass is 10.1. The van der Waals surface area contributed by atoms with Crippen LogP contribution in [0.3, 0.4) is 0 Å². The summed E-state index contributed by atoms with van der Waals surface area (Å²) in [5.41, 5.74) is 4.40. The van der Waals surface area contributed by atoms with Crippen LogP contribution in [0.4, 0.5) is 0 Å². The number of aryl methyl sites for hydroxylation is 1. The van der Waals surface area contributed by atoms with E-state index in [1.165, 1.54) is 7.11 Å². The number of benzene rings is 2. The lowest BCUT2D eigenvalue weighted by Crippen LogP contribution is -2.00. The molecule has 4 aromatic rings. The van der Waals surface area contributed by atoms with Gasteiger partial charge in [-0.15, -0.1) is 0 Å². The molecule has 0 aliphatic heterocycles. The van der Waals surface area contributed by atoms with Crippen molar-refractivity contribution in [1.82, 2.24) is 9.55 Å². The van der Waals surface area contributed by atoms with Crippen LogP contribution in [0.5, 0.6) is 0 Å². The molecule has 0 bridgehead atoms. The summed E-state index contributed by atoms with van der Waals surface area (Å²) in [6.45, 7) is 1.98. The molecule has 0 aliphatic rings. The summed E-state index contributed by atoms with van der Waals surface area (Å²) in [5, 5.41) is 1.92. The van der Waals surface area contributed by atoms with Gasteiger partial charge in [-0.25, -0.2) is 4.79 Å². The number of rotatable bonds is 2. The number of fused-ring (bicyclic) bond motifs is 2. The second-order valence-corrected chi connectivity index (χ2v) is 5.72. The van der Waals surface area contributed by atoms with Gasteiger partial charge in [-0.2, -0.15) is 0 Å². The van der Waals surface area contributed by atoms with Gasteiger partial charge in [0, 0.05) is 22.7 Å². The molecule has 0 N–H and O–H groups in total. The molecule has 0 atom stereocenters. The van der Waals surface area contributed by atoms with Crippen LogP contribution in [0.2, 0.25) is 0 Å². The Hall–Kier alpha value is -3.14. The van der Waals surface area contributed by atoms with Gasteiger partial charge in [-0.05, 0) is 25.1 Å². The third-order valence-electron chi connectivity index (χ3n) is 4.20. The molecule has 0 spiro atoms. The van der Waals surface area contributed by atoms with E-state index >= 15 is 0 Å². The molecule has 0 amide bonds. The van der Waals surface area contributed by atoms with E-state index in [4.69, 9.17) is 4.74 Å². The van der Waals surface area contributed by atoms with Gasteiger partial charge in [-0.3, -0.25) is 4.98 Å². The molecule has 0 saturated heterocycles. The van der Waals surface area contributed by atoms with E-state index in [1.807, 2.05) is 72.3 Å². The monoisotopic (exact) mass is 316 g/mol. The van der Waals surface area contributed by atoms with E-state index in [9.17, 15) is 4.79 Å². The molecule has 2 aromatic heterocycles. The van der Waals surface area contributed by atoms with Gasteiger partial charge < -0.3 is 9.30 Å². The molecular formula is C20H16N2O2. The lowest BCUT2D eigenvalue weighted by Gasteiger charge is -2.10. The van der Waals surface area contributed by atoms with Gasteiger partial charge in [0.25, 0.3) is 0 Å². The van der Waals surface area contributed by atoms with Gasteiger partial charge >= 0.3 is 5.97 Å². The Morgan fingerprint density at radius 1 is 1.04 bits per heavy atom. The van der Waals surface area contributed by atoms with Crippen LogP contribution in [0.15, 0.2) is 60.8 Å². The van der Waals surface area contributed by atoms with Crippen molar-refractivity contribution in [3.8, 4) is 5.69 Å². The third kappa shape index (κ3) is 2.15. The van der Waals surface area contributed by atoms with Crippen molar-refractivity contribution in [2.45, 2.75) is 6.92 Å².